The molecule has 0 fully saturated rings. The predicted octanol–water partition coefficient (Wildman–Crippen LogP) is 2.96. The first-order chi connectivity index (χ1) is 10.2. The van der Waals surface area contributed by atoms with Crippen LogP contribution in [0.3, 0.4) is 0 Å². The molecule has 2 aromatic rings. The monoisotopic (exact) mass is 282 g/mol. The molecular weight excluding hydrogens is 260 g/mol. The van der Waals surface area contributed by atoms with Crippen LogP contribution >= 0.6 is 0 Å². The summed E-state index contributed by atoms with van der Waals surface area (Å²) in [6, 6.07) is 8.05. The van der Waals surface area contributed by atoms with Crippen LogP contribution in [0.4, 0.5) is 11.5 Å². The summed E-state index contributed by atoms with van der Waals surface area (Å²) in [6.45, 7) is 0.837. The summed E-state index contributed by atoms with van der Waals surface area (Å²) in [6.07, 6.45) is 7.66. The molecule has 1 aromatic heterocycles. The standard InChI is InChI=1S/C17H22N4/c1-21(11-13-7-9-14(18)10-8-13)17-15-5-3-2-4-6-16(15)19-12-20-17/h7-10,12H,2-6,11,18H2,1H3. The molecule has 0 amide bonds. The fourth-order valence-electron chi connectivity index (χ4n) is 2.98. The predicted molar refractivity (Wildman–Crippen MR) is 86.3 cm³/mol. The van der Waals surface area contributed by atoms with Gasteiger partial charge in [-0.25, -0.2) is 9.97 Å². The van der Waals surface area contributed by atoms with Gasteiger partial charge in [-0.3, -0.25) is 0 Å². The van der Waals surface area contributed by atoms with Crippen LogP contribution < -0.4 is 10.6 Å². The quantitative estimate of drug-likeness (QED) is 0.694. The molecule has 1 heterocycles. The Labute approximate surface area is 126 Å². The molecule has 4 heteroatoms. The van der Waals surface area contributed by atoms with Crippen LogP contribution in [-0.4, -0.2) is 17.0 Å². The zero-order chi connectivity index (χ0) is 14.7. The van der Waals surface area contributed by atoms with Gasteiger partial charge in [0.1, 0.15) is 12.1 Å². The van der Waals surface area contributed by atoms with Crippen LogP contribution in [-0.2, 0) is 19.4 Å². The summed E-state index contributed by atoms with van der Waals surface area (Å²) in [4.78, 5) is 11.2. The minimum atomic E-state index is 0.803. The molecule has 1 aromatic carbocycles. The molecule has 0 spiro atoms. The Bertz CT molecular complexity index is 607. The molecule has 1 aliphatic rings. The van der Waals surface area contributed by atoms with Crippen molar-refractivity contribution in [2.24, 2.45) is 0 Å². The maximum Gasteiger partial charge on any atom is 0.135 e. The highest BCUT2D eigenvalue weighted by atomic mass is 15.2. The molecule has 0 bridgehead atoms. The van der Waals surface area contributed by atoms with E-state index in [1.165, 1.54) is 36.1 Å². The summed E-state index contributed by atoms with van der Waals surface area (Å²) in [5.74, 6) is 1.08. The molecule has 2 N–H and O–H groups in total. The van der Waals surface area contributed by atoms with E-state index in [4.69, 9.17) is 5.73 Å². The van der Waals surface area contributed by atoms with E-state index in [1.807, 2.05) is 12.1 Å². The van der Waals surface area contributed by atoms with Crippen molar-refractivity contribution in [3.05, 3.63) is 47.4 Å². The van der Waals surface area contributed by atoms with Crippen LogP contribution in [0.25, 0.3) is 0 Å². The topological polar surface area (TPSA) is 55.0 Å². The second-order valence-electron chi connectivity index (χ2n) is 5.78. The van der Waals surface area contributed by atoms with Gasteiger partial charge < -0.3 is 10.6 Å². The van der Waals surface area contributed by atoms with Crippen molar-refractivity contribution >= 4 is 11.5 Å². The number of hydrogen-bond acceptors (Lipinski definition) is 4. The number of hydrogen-bond donors (Lipinski definition) is 1. The van der Waals surface area contributed by atoms with E-state index in [0.29, 0.717) is 0 Å². The highest BCUT2D eigenvalue weighted by Gasteiger charge is 2.16. The van der Waals surface area contributed by atoms with E-state index in [1.54, 1.807) is 6.33 Å². The Morgan fingerprint density at radius 3 is 2.62 bits per heavy atom. The largest absolute Gasteiger partial charge is 0.399 e. The van der Waals surface area contributed by atoms with Crippen molar-refractivity contribution < 1.29 is 0 Å². The molecule has 0 unspecified atom stereocenters. The average molecular weight is 282 g/mol. The Balaban J connectivity index is 1.84. The first-order valence-corrected chi connectivity index (χ1v) is 7.62. The lowest BCUT2D eigenvalue weighted by Gasteiger charge is -2.22. The zero-order valence-electron chi connectivity index (χ0n) is 12.5. The SMILES string of the molecule is CN(Cc1ccc(N)cc1)c1ncnc2c1CCCCC2. The first kappa shape index (κ1) is 13.9. The van der Waals surface area contributed by atoms with Gasteiger partial charge in [0.2, 0.25) is 0 Å². The van der Waals surface area contributed by atoms with Gasteiger partial charge in [0.25, 0.3) is 0 Å². The number of nitrogens with two attached hydrogens (primary N) is 1. The number of rotatable bonds is 3. The highest BCUT2D eigenvalue weighted by Crippen LogP contribution is 2.26. The molecule has 4 nitrogen and oxygen atoms in total. The van der Waals surface area contributed by atoms with Gasteiger partial charge >= 0.3 is 0 Å². The van der Waals surface area contributed by atoms with E-state index in [-0.39, 0.29) is 0 Å². The molecule has 0 radical (unpaired) electrons. The van der Waals surface area contributed by atoms with Gasteiger partial charge in [-0.2, -0.15) is 0 Å². The van der Waals surface area contributed by atoms with Crippen molar-refractivity contribution in [1.29, 1.82) is 0 Å². The lowest BCUT2D eigenvalue weighted by molar-refractivity contribution is 0.708. The second kappa shape index (κ2) is 6.12. The van der Waals surface area contributed by atoms with Crippen LogP contribution in [0.15, 0.2) is 30.6 Å². The van der Waals surface area contributed by atoms with E-state index in [2.05, 4.69) is 34.0 Å². The Kier molecular flexibility index (Phi) is 4.04. The number of aryl methyl sites for hydroxylation is 1. The number of benzene rings is 1. The molecule has 0 saturated carbocycles. The summed E-state index contributed by atoms with van der Waals surface area (Å²) < 4.78 is 0. The van der Waals surface area contributed by atoms with Gasteiger partial charge in [-0.1, -0.05) is 18.6 Å². The van der Waals surface area contributed by atoms with Gasteiger partial charge in [0, 0.05) is 30.5 Å². The molecular formula is C17H22N4. The van der Waals surface area contributed by atoms with E-state index in [9.17, 15) is 0 Å². The average Bonchev–Trinajstić information content (AvgIpc) is 2.74. The summed E-state index contributed by atoms with van der Waals surface area (Å²) >= 11 is 0. The Morgan fingerprint density at radius 1 is 1.05 bits per heavy atom. The van der Waals surface area contributed by atoms with Crippen molar-refractivity contribution in [3.8, 4) is 0 Å². The summed E-state index contributed by atoms with van der Waals surface area (Å²) in [7, 11) is 2.10. The van der Waals surface area contributed by atoms with Crippen molar-refractivity contribution in [3.63, 3.8) is 0 Å². The molecule has 0 atom stereocenters. The Morgan fingerprint density at radius 2 is 1.81 bits per heavy atom. The fourth-order valence-corrected chi connectivity index (χ4v) is 2.98. The second-order valence-corrected chi connectivity index (χ2v) is 5.78. The van der Waals surface area contributed by atoms with E-state index >= 15 is 0 Å². The van der Waals surface area contributed by atoms with Crippen molar-refractivity contribution in [2.75, 3.05) is 17.7 Å². The van der Waals surface area contributed by atoms with Gasteiger partial charge in [-0.05, 0) is 43.4 Å². The van der Waals surface area contributed by atoms with E-state index < -0.39 is 0 Å². The molecule has 21 heavy (non-hydrogen) atoms. The summed E-state index contributed by atoms with van der Waals surface area (Å²) in [5, 5.41) is 0. The molecule has 0 aliphatic heterocycles. The molecule has 110 valence electrons. The third-order valence-electron chi connectivity index (χ3n) is 4.11. The lowest BCUT2D eigenvalue weighted by atomic mass is 10.1. The zero-order valence-corrected chi connectivity index (χ0v) is 12.5. The van der Waals surface area contributed by atoms with Gasteiger partial charge in [0.15, 0.2) is 0 Å². The normalized spacial score (nSPS) is 14.3. The molecule has 0 saturated heterocycles. The van der Waals surface area contributed by atoms with E-state index in [0.717, 1.165) is 30.9 Å². The molecule has 3 rings (SSSR count). The minimum absolute atomic E-state index is 0.803. The van der Waals surface area contributed by atoms with Crippen molar-refractivity contribution in [2.45, 2.75) is 38.6 Å². The lowest BCUT2D eigenvalue weighted by Crippen LogP contribution is -2.20. The maximum atomic E-state index is 5.74. The molecule has 1 aliphatic carbocycles. The maximum absolute atomic E-state index is 5.74. The number of nitrogens with zero attached hydrogens (tertiary/aromatic N) is 3. The highest BCUT2D eigenvalue weighted by molar-refractivity contribution is 5.49. The number of nitrogen functional groups attached to an aromatic ring is 1. The summed E-state index contributed by atoms with van der Waals surface area (Å²) in [5.41, 5.74) is 10.4. The number of fused-ring (bicyclic) bond motifs is 1. The van der Waals surface area contributed by atoms with Crippen molar-refractivity contribution in [1.82, 2.24) is 9.97 Å². The number of aromatic nitrogens is 2. The van der Waals surface area contributed by atoms with Gasteiger partial charge in [0.05, 0.1) is 0 Å². The van der Waals surface area contributed by atoms with Crippen LogP contribution in [0.5, 0.6) is 0 Å². The number of anilines is 2. The minimum Gasteiger partial charge on any atom is -0.399 e. The van der Waals surface area contributed by atoms with Crippen LogP contribution in [0.1, 0.15) is 36.1 Å². The Hall–Kier alpha value is -2.10. The smallest absolute Gasteiger partial charge is 0.135 e. The first-order valence-electron chi connectivity index (χ1n) is 7.62. The third kappa shape index (κ3) is 3.15. The third-order valence-corrected chi connectivity index (χ3v) is 4.11. The van der Waals surface area contributed by atoms with Crippen LogP contribution in [0, 0.1) is 0 Å². The fraction of sp³-hybridized carbons (Fsp3) is 0.412. The van der Waals surface area contributed by atoms with Gasteiger partial charge in [-0.15, -0.1) is 0 Å². The van der Waals surface area contributed by atoms with Crippen LogP contribution in [0.2, 0.25) is 0 Å².